The zero-order valence-electron chi connectivity index (χ0n) is 13.4. The highest BCUT2D eigenvalue weighted by Gasteiger charge is 2.49. The molecule has 140 valence electrons. The number of hydrogen-bond acceptors (Lipinski definition) is 7. The average molecular weight is 376 g/mol. The second-order valence-electron chi connectivity index (χ2n) is 6.34. The van der Waals surface area contributed by atoms with Crippen molar-refractivity contribution in [1.29, 1.82) is 0 Å². The molecule has 11 nitrogen and oxygen atoms in total. The Kier molecular flexibility index (Phi) is 4.95. The Bertz CT molecular complexity index is 676. The smallest absolute Gasteiger partial charge is 0.347 e. The van der Waals surface area contributed by atoms with Crippen molar-refractivity contribution in [3.63, 3.8) is 0 Å². The van der Waals surface area contributed by atoms with E-state index < -0.39 is 34.4 Å². The Hall–Kier alpha value is -1.76. The number of Topliss-reactive ketones (excluding diaryl/α,β-unsaturated/α-hetero) is 1. The van der Waals surface area contributed by atoms with Crippen molar-refractivity contribution in [3.05, 3.63) is 0 Å². The van der Waals surface area contributed by atoms with Crippen LogP contribution in [0.5, 0.6) is 0 Å². The first-order chi connectivity index (χ1) is 11.8. The second-order valence-corrected chi connectivity index (χ2v) is 7.35. The van der Waals surface area contributed by atoms with Gasteiger partial charge in [-0.2, -0.15) is 13.5 Å². The Labute approximate surface area is 144 Å². The summed E-state index contributed by atoms with van der Waals surface area (Å²) < 4.78 is 34.7. The predicted octanol–water partition coefficient (Wildman–Crippen LogP) is -1.57. The molecule has 12 heteroatoms. The van der Waals surface area contributed by atoms with E-state index in [2.05, 4.69) is 14.9 Å². The van der Waals surface area contributed by atoms with Crippen molar-refractivity contribution in [2.24, 2.45) is 0 Å². The summed E-state index contributed by atoms with van der Waals surface area (Å²) in [5.74, 6) is -0.574. The zero-order valence-corrected chi connectivity index (χ0v) is 14.2. The van der Waals surface area contributed by atoms with Gasteiger partial charge < -0.3 is 15.5 Å². The number of piperidine rings is 1. The van der Waals surface area contributed by atoms with Crippen LogP contribution in [0.15, 0.2) is 0 Å². The van der Waals surface area contributed by atoms with Crippen molar-refractivity contribution in [1.82, 2.24) is 20.6 Å². The molecule has 3 atom stereocenters. The van der Waals surface area contributed by atoms with Crippen LogP contribution >= 0.6 is 0 Å². The first-order valence-electron chi connectivity index (χ1n) is 8.07. The maximum absolute atomic E-state index is 12.3. The first-order valence-corrected chi connectivity index (χ1v) is 9.43. The first kappa shape index (κ1) is 18.0. The molecule has 1 unspecified atom stereocenters. The zero-order chi connectivity index (χ0) is 18.2. The lowest BCUT2D eigenvalue weighted by Crippen LogP contribution is -2.51. The third-order valence-electron chi connectivity index (χ3n) is 4.69. The van der Waals surface area contributed by atoms with Crippen molar-refractivity contribution >= 4 is 28.1 Å². The monoisotopic (exact) mass is 376 g/mol. The fourth-order valence-corrected chi connectivity index (χ4v) is 3.87. The second kappa shape index (κ2) is 6.86. The molecule has 0 spiro atoms. The summed E-state index contributed by atoms with van der Waals surface area (Å²) in [6, 6.07) is -2.40. The highest BCUT2D eigenvalue weighted by atomic mass is 32.3. The van der Waals surface area contributed by atoms with Crippen molar-refractivity contribution in [2.75, 3.05) is 19.6 Å². The number of ketones is 1. The number of carbonyl (C=O) groups excluding carboxylic acids is 3. The van der Waals surface area contributed by atoms with Crippen LogP contribution in [0, 0.1) is 0 Å². The molecule has 3 aliphatic rings. The molecule has 0 radical (unpaired) electrons. The number of fused-ring (bicyclic) bond motifs is 2. The maximum Gasteiger partial charge on any atom is 0.418 e. The standard InChI is InChI=1S/C13H20N4O7S/c18-11(9-2-1-5-14-9)6-15-12(19)10-4-3-8-7-16(10)13(20)17(8)24-25(21,22)23/h8-10,14H,1-7H2,(H,15,19)(H,21,22,23)/t8-,9?,10+/m1/s1. The Morgan fingerprint density at radius 3 is 2.72 bits per heavy atom. The van der Waals surface area contributed by atoms with Crippen LogP contribution in [-0.2, 0) is 24.3 Å². The van der Waals surface area contributed by atoms with E-state index in [0.717, 1.165) is 19.4 Å². The van der Waals surface area contributed by atoms with E-state index in [4.69, 9.17) is 4.55 Å². The number of rotatable bonds is 6. The number of nitrogens with one attached hydrogen (secondary N) is 2. The Balaban J connectivity index is 1.57. The fourth-order valence-electron chi connectivity index (χ4n) is 3.48. The predicted molar refractivity (Wildman–Crippen MR) is 82.4 cm³/mol. The molecule has 0 saturated carbocycles. The van der Waals surface area contributed by atoms with Gasteiger partial charge >= 0.3 is 16.4 Å². The molecule has 0 aromatic heterocycles. The highest BCUT2D eigenvalue weighted by molar-refractivity contribution is 7.80. The molecular weight excluding hydrogens is 356 g/mol. The van der Waals surface area contributed by atoms with Gasteiger partial charge in [0, 0.05) is 6.54 Å². The largest absolute Gasteiger partial charge is 0.418 e. The van der Waals surface area contributed by atoms with E-state index in [0.29, 0.717) is 17.9 Å². The molecular formula is C13H20N4O7S. The number of nitrogens with zero attached hydrogens (tertiary/aromatic N) is 2. The van der Waals surface area contributed by atoms with Crippen LogP contribution in [0.3, 0.4) is 0 Å². The normalized spacial score (nSPS) is 29.2. The van der Waals surface area contributed by atoms with Crippen LogP contribution < -0.4 is 10.6 Å². The van der Waals surface area contributed by atoms with Crippen LogP contribution in [0.4, 0.5) is 4.79 Å². The molecule has 0 aliphatic carbocycles. The molecule has 3 N–H and O–H groups in total. The molecule has 0 aromatic rings. The van der Waals surface area contributed by atoms with Crippen LogP contribution in [0.1, 0.15) is 25.7 Å². The lowest BCUT2D eigenvalue weighted by atomic mass is 10.00. The van der Waals surface area contributed by atoms with Crippen LogP contribution in [0.2, 0.25) is 0 Å². The fraction of sp³-hybridized carbons (Fsp3) is 0.769. The average Bonchev–Trinajstić information content (AvgIpc) is 3.16. The van der Waals surface area contributed by atoms with E-state index in [-0.39, 0.29) is 24.9 Å². The van der Waals surface area contributed by atoms with Gasteiger partial charge in [0.15, 0.2) is 5.78 Å². The molecule has 3 fully saturated rings. The third kappa shape index (κ3) is 3.92. The molecule has 25 heavy (non-hydrogen) atoms. The van der Waals surface area contributed by atoms with Gasteiger partial charge in [0.2, 0.25) is 5.91 Å². The summed E-state index contributed by atoms with van der Waals surface area (Å²) in [4.78, 5) is 37.7. The van der Waals surface area contributed by atoms with Crippen molar-refractivity contribution in [3.8, 4) is 0 Å². The van der Waals surface area contributed by atoms with Gasteiger partial charge in [-0.1, -0.05) is 0 Å². The van der Waals surface area contributed by atoms with Crippen molar-refractivity contribution < 1.29 is 31.6 Å². The minimum absolute atomic E-state index is 0.108. The van der Waals surface area contributed by atoms with Crippen LogP contribution in [0.25, 0.3) is 0 Å². The highest BCUT2D eigenvalue weighted by Crippen LogP contribution is 2.30. The van der Waals surface area contributed by atoms with E-state index >= 15 is 0 Å². The van der Waals surface area contributed by atoms with Gasteiger partial charge in [-0.05, 0) is 32.2 Å². The molecule has 2 bridgehead atoms. The summed E-state index contributed by atoms with van der Waals surface area (Å²) >= 11 is 0. The SMILES string of the molecule is O=C(CNC(=O)[C@@H]1CC[C@@H]2CN1C(=O)N2OS(=O)(=O)O)C1CCCN1. The lowest BCUT2D eigenvalue weighted by Gasteiger charge is -2.29. The number of hydrogen-bond donors (Lipinski definition) is 3. The summed E-state index contributed by atoms with van der Waals surface area (Å²) in [6.45, 7) is 0.772. The minimum Gasteiger partial charge on any atom is -0.347 e. The van der Waals surface area contributed by atoms with E-state index in [1.54, 1.807) is 0 Å². The summed E-state index contributed by atoms with van der Waals surface area (Å²) in [6.07, 6.45) is 2.31. The van der Waals surface area contributed by atoms with Gasteiger partial charge in [0.1, 0.15) is 6.04 Å². The molecule has 3 saturated heterocycles. The summed E-state index contributed by atoms with van der Waals surface area (Å²) in [5.41, 5.74) is 0. The Morgan fingerprint density at radius 2 is 2.08 bits per heavy atom. The molecule has 3 rings (SSSR count). The van der Waals surface area contributed by atoms with E-state index in [1.165, 1.54) is 4.90 Å². The van der Waals surface area contributed by atoms with E-state index in [9.17, 15) is 22.8 Å². The van der Waals surface area contributed by atoms with Gasteiger partial charge in [0.05, 0.1) is 18.6 Å². The lowest BCUT2D eigenvalue weighted by molar-refractivity contribution is -0.129. The summed E-state index contributed by atoms with van der Waals surface area (Å²) in [7, 11) is -4.82. The number of urea groups is 1. The quantitative estimate of drug-likeness (QED) is 0.471. The van der Waals surface area contributed by atoms with E-state index in [1.807, 2.05) is 0 Å². The molecule has 3 aliphatic heterocycles. The maximum atomic E-state index is 12.3. The number of carbonyl (C=O) groups is 3. The van der Waals surface area contributed by atoms with Gasteiger partial charge in [0.25, 0.3) is 0 Å². The minimum atomic E-state index is -4.82. The third-order valence-corrected chi connectivity index (χ3v) is 5.03. The summed E-state index contributed by atoms with van der Waals surface area (Å²) in [5, 5.41) is 6.18. The number of amides is 3. The van der Waals surface area contributed by atoms with Crippen LogP contribution in [-0.4, -0.2) is 78.4 Å². The van der Waals surface area contributed by atoms with Gasteiger partial charge in [-0.3, -0.25) is 14.1 Å². The van der Waals surface area contributed by atoms with Gasteiger partial charge in [-0.25, -0.2) is 4.79 Å². The topological polar surface area (TPSA) is 145 Å². The molecule has 0 aromatic carbocycles. The van der Waals surface area contributed by atoms with Gasteiger partial charge in [-0.15, -0.1) is 4.28 Å². The molecule has 3 amide bonds. The molecule has 3 heterocycles. The Morgan fingerprint density at radius 1 is 1.32 bits per heavy atom. The van der Waals surface area contributed by atoms with Crippen molar-refractivity contribution in [2.45, 2.75) is 43.8 Å². The number of hydroxylamine groups is 2.